The number of carbonyl (C=O) groups is 2. The van der Waals surface area contributed by atoms with Crippen LogP contribution >= 0.6 is 11.8 Å². The van der Waals surface area contributed by atoms with Crippen LogP contribution in [0.2, 0.25) is 0 Å². The summed E-state index contributed by atoms with van der Waals surface area (Å²) in [5, 5.41) is 2.96. The van der Waals surface area contributed by atoms with Gasteiger partial charge in [-0.3, -0.25) is 14.5 Å². The lowest BCUT2D eigenvalue weighted by molar-refractivity contribution is -0.117. The minimum atomic E-state index is -0.697. The van der Waals surface area contributed by atoms with Crippen LogP contribution in [0.15, 0.2) is 108 Å². The van der Waals surface area contributed by atoms with Gasteiger partial charge < -0.3 is 5.32 Å². The second-order valence-electron chi connectivity index (χ2n) is 8.32. The molecule has 0 saturated carbocycles. The molecule has 1 heterocycles. The molecule has 0 saturated heterocycles. The quantitative estimate of drug-likeness (QED) is 0.327. The van der Waals surface area contributed by atoms with E-state index in [1.165, 1.54) is 34.7 Å². The third-order valence-corrected chi connectivity index (χ3v) is 7.04. The standard InChI is InChI=1S/C29H23FN2O2S/c30-23-12-10-21(11-13-23)29(34)32-26-9-5-4-8-22(26)18-27(32)28(33)31-24-14-16-25(17-15-24)35-19-20-6-2-1-3-7-20/h1-17,27H,18-19H2,(H,31,33). The lowest BCUT2D eigenvalue weighted by Gasteiger charge is -2.25. The average Bonchev–Trinajstić information content (AvgIpc) is 3.29. The number of nitrogens with zero attached hydrogens (tertiary/aromatic N) is 1. The predicted molar refractivity (Wildman–Crippen MR) is 138 cm³/mol. The fraction of sp³-hybridized carbons (Fsp3) is 0.103. The van der Waals surface area contributed by atoms with Gasteiger partial charge in [0, 0.05) is 34.0 Å². The molecule has 0 bridgehead atoms. The van der Waals surface area contributed by atoms with E-state index >= 15 is 0 Å². The summed E-state index contributed by atoms with van der Waals surface area (Å²) in [5.41, 5.74) is 3.89. The Balaban J connectivity index is 1.30. The Morgan fingerprint density at radius 1 is 0.857 bits per heavy atom. The second-order valence-corrected chi connectivity index (χ2v) is 9.37. The van der Waals surface area contributed by atoms with Crippen LogP contribution in [0.5, 0.6) is 0 Å². The highest BCUT2D eigenvalue weighted by Crippen LogP contribution is 2.34. The van der Waals surface area contributed by atoms with Crippen molar-refractivity contribution in [3.63, 3.8) is 0 Å². The van der Waals surface area contributed by atoms with Crippen molar-refractivity contribution < 1.29 is 14.0 Å². The second kappa shape index (κ2) is 10.2. The molecule has 174 valence electrons. The maximum atomic E-state index is 13.4. The molecule has 2 amide bonds. The summed E-state index contributed by atoms with van der Waals surface area (Å²) in [4.78, 5) is 29.3. The number of halogens is 1. The molecular weight excluding hydrogens is 459 g/mol. The van der Waals surface area contributed by atoms with Crippen molar-refractivity contribution in [1.82, 2.24) is 0 Å². The fourth-order valence-corrected chi connectivity index (χ4v) is 5.03. The first-order valence-corrected chi connectivity index (χ1v) is 12.3. The Labute approximate surface area is 207 Å². The molecule has 35 heavy (non-hydrogen) atoms. The van der Waals surface area contributed by atoms with Gasteiger partial charge in [-0.15, -0.1) is 11.8 Å². The highest BCUT2D eigenvalue weighted by molar-refractivity contribution is 7.98. The summed E-state index contributed by atoms with van der Waals surface area (Å²) >= 11 is 1.73. The molecule has 1 aliphatic heterocycles. The zero-order valence-corrected chi connectivity index (χ0v) is 19.7. The fourth-order valence-electron chi connectivity index (χ4n) is 4.18. The number of hydrogen-bond donors (Lipinski definition) is 1. The van der Waals surface area contributed by atoms with E-state index < -0.39 is 11.9 Å². The van der Waals surface area contributed by atoms with E-state index in [2.05, 4.69) is 17.4 Å². The average molecular weight is 483 g/mol. The molecule has 0 spiro atoms. The van der Waals surface area contributed by atoms with Crippen LogP contribution in [0.25, 0.3) is 0 Å². The molecule has 0 fully saturated rings. The van der Waals surface area contributed by atoms with E-state index in [-0.39, 0.29) is 11.8 Å². The number of thioether (sulfide) groups is 1. The highest BCUT2D eigenvalue weighted by atomic mass is 32.2. The number of rotatable bonds is 6. The van der Waals surface area contributed by atoms with Gasteiger partial charge in [-0.1, -0.05) is 48.5 Å². The topological polar surface area (TPSA) is 49.4 Å². The third kappa shape index (κ3) is 5.12. The van der Waals surface area contributed by atoms with Crippen molar-refractivity contribution in [2.45, 2.75) is 23.1 Å². The Hall–Kier alpha value is -3.90. The number of hydrogen-bond acceptors (Lipinski definition) is 3. The van der Waals surface area contributed by atoms with Gasteiger partial charge in [0.2, 0.25) is 5.91 Å². The number of fused-ring (bicyclic) bond motifs is 1. The summed E-state index contributed by atoms with van der Waals surface area (Å²) < 4.78 is 13.4. The number of benzene rings is 4. The Kier molecular flexibility index (Phi) is 6.64. The number of para-hydroxylation sites is 1. The van der Waals surface area contributed by atoms with Crippen LogP contribution < -0.4 is 10.2 Å². The molecule has 0 radical (unpaired) electrons. The smallest absolute Gasteiger partial charge is 0.259 e. The molecule has 6 heteroatoms. The van der Waals surface area contributed by atoms with Gasteiger partial charge in [0.15, 0.2) is 0 Å². The zero-order chi connectivity index (χ0) is 24.2. The lowest BCUT2D eigenvalue weighted by Crippen LogP contribution is -2.45. The van der Waals surface area contributed by atoms with Crippen molar-refractivity contribution in [2.75, 3.05) is 10.2 Å². The van der Waals surface area contributed by atoms with Crippen molar-refractivity contribution >= 4 is 35.0 Å². The minimum absolute atomic E-state index is 0.263. The monoisotopic (exact) mass is 482 g/mol. The van der Waals surface area contributed by atoms with Gasteiger partial charge in [0.05, 0.1) is 0 Å². The predicted octanol–water partition coefficient (Wildman–Crippen LogP) is 6.33. The van der Waals surface area contributed by atoms with Crippen LogP contribution in [-0.4, -0.2) is 17.9 Å². The van der Waals surface area contributed by atoms with Gasteiger partial charge in [0.1, 0.15) is 11.9 Å². The minimum Gasteiger partial charge on any atom is -0.324 e. The van der Waals surface area contributed by atoms with E-state index in [1.54, 1.807) is 11.8 Å². The number of anilines is 2. The Bertz CT molecular complexity index is 1340. The molecule has 1 atom stereocenters. The molecule has 0 aromatic heterocycles. The van der Waals surface area contributed by atoms with Gasteiger partial charge >= 0.3 is 0 Å². The SMILES string of the molecule is O=C(Nc1ccc(SCc2ccccc2)cc1)C1Cc2ccccc2N1C(=O)c1ccc(F)cc1. The van der Waals surface area contributed by atoms with Gasteiger partial charge in [0.25, 0.3) is 5.91 Å². The number of nitrogens with one attached hydrogen (secondary N) is 1. The zero-order valence-electron chi connectivity index (χ0n) is 18.9. The summed E-state index contributed by atoms with van der Waals surface area (Å²) in [5.74, 6) is -0.139. The van der Waals surface area contributed by atoms with Gasteiger partial charge in [-0.05, 0) is 65.7 Å². The molecule has 4 aromatic rings. The molecule has 1 N–H and O–H groups in total. The summed E-state index contributed by atoms with van der Waals surface area (Å²) in [6.45, 7) is 0. The van der Waals surface area contributed by atoms with Gasteiger partial charge in [-0.25, -0.2) is 4.39 Å². The molecule has 4 nitrogen and oxygen atoms in total. The normalized spacial score (nSPS) is 14.4. The molecule has 1 unspecified atom stereocenters. The Morgan fingerprint density at radius 3 is 2.29 bits per heavy atom. The summed E-state index contributed by atoms with van der Waals surface area (Å²) in [7, 11) is 0. The van der Waals surface area contributed by atoms with E-state index in [0.717, 1.165) is 16.2 Å². The lowest BCUT2D eigenvalue weighted by atomic mass is 10.1. The van der Waals surface area contributed by atoms with Crippen LogP contribution in [0.3, 0.4) is 0 Å². The first-order valence-electron chi connectivity index (χ1n) is 11.3. The van der Waals surface area contributed by atoms with E-state index in [0.29, 0.717) is 23.4 Å². The van der Waals surface area contributed by atoms with Crippen LogP contribution in [0, 0.1) is 5.82 Å². The first kappa shape index (κ1) is 22.9. The Morgan fingerprint density at radius 2 is 1.54 bits per heavy atom. The molecule has 4 aromatic carbocycles. The number of amides is 2. The highest BCUT2D eigenvalue weighted by Gasteiger charge is 2.38. The molecular formula is C29H23FN2O2S. The summed E-state index contributed by atoms with van der Waals surface area (Å²) in [6, 6.07) is 30.2. The van der Waals surface area contributed by atoms with Crippen molar-refractivity contribution in [1.29, 1.82) is 0 Å². The first-order chi connectivity index (χ1) is 17.1. The van der Waals surface area contributed by atoms with E-state index in [9.17, 15) is 14.0 Å². The van der Waals surface area contributed by atoms with Gasteiger partial charge in [-0.2, -0.15) is 0 Å². The number of carbonyl (C=O) groups excluding carboxylic acids is 2. The van der Waals surface area contributed by atoms with Crippen molar-refractivity contribution in [3.05, 3.63) is 126 Å². The molecule has 1 aliphatic rings. The summed E-state index contributed by atoms with van der Waals surface area (Å²) in [6.07, 6.45) is 0.417. The third-order valence-electron chi connectivity index (χ3n) is 5.96. The van der Waals surface area contributed by atoms with Crippen LogP contribution in [-0.2, 0) is 17.0 Å². The molecule has 0 aliphatic carbocycles. The van der Waals surface area contributed by atoms with E-state index in [1.807, 2.05) is 66.7 Å². The maximum absolute atomic E-state index is 13.4. The van der Waals surface area contributed by atoms with Crippen LogP contribution in [0.4, 0.5) is 15.8 Å². The maximum Gasteiger partial charge on any atom is 0.259 e. The largest absolute Gasteiger partial charge is 0.324 e. The van der Waals surface area contributed by atoms with Crippen LogP contribution in [0.1, 0.15) is 21.5 Å². The van der Waals surface area contributed by atoms with Crippen molar-refractivity contribution in [2.24, 2.45) is 0 Å². The van der Waals surface area contributed by atoms with E-state index in [4.69, 9.17) is 0 Å². The molecule has 5 rings (SSSR count). The van der Waals surface area contributed by atoms with Crippen molar-refractivity contribution in [3.8, 4) is 0 Å².